The van der Waals surface area contributed by atoms with E-state index in [-0.39, 0.29) is 94.8 Å². The number of hydrogen-bond acceptors (Lipinski definition) is 21. The molecular formula is C78H92F2N12O13S2. The van der Waals surface area contributed by atoms with Gasteiger partial charge in [0, 0.05) is 120 Å². The molecule has 0 bridgehead atoms. The summed E-state index contributed by atoms with van der Waals surface area (Å²) in [7, 11) is 0. The van der Waals surface area contributed by atoms with Gasteiger partial charge in [-0.2, -0.15) is 0 Å². The highest BCUT2D eigenvalue weighted by atomic mass is 32.1. The fourth-order valence-corrected chi connectivity index (χ4v) is 13.0. The van der Waals surface area contributed by atoms with Crippen molar-refractivity contribution in [2.24, 2.45) is 0 Å². The van der Waals surface area contributed by atoms with Crippen LogP contribution in [0.3, 0.4) is 0 Å². The van der Waals surface area contributed by atoms with Gasteiger partial charge in [0.25, 0.3) is 5.78 Å². The highest BCUT2D eigenvalue weighted by Gasteiger charge is 2.36. The Kier molecular flexibility index (Phi) is 30.1. The van der Waals surface area contributed by atoms with Crippen molar-refractivity contribution in [1.29, 1.82) is 0 Å². The molecule has 12 rings (SSSR count). The number of fused-ring (bicyclic) bond motifs is 3. The number of cyclic esters (lactones) is 2. The monoisotopic (exact) mass is 1510 g/mol. The molecule has 4 amide bonds. The molecule has 0 unspecified atom stereocenters. The SMILES string of the molecule is C.C1CCOC1.CCC(=S)NC[C@H]1CN(c2ccc(N3CCN(C(=O)CCC(=O)c4ccc(NNCC(=O)C(=O)OCC5c6ccccc6-c6ccccc65)cc4)CC3)c(F)c2)C(=O)O1.CCC(=S)NC[C@H]1CN(c2ccc(N3CCN(C(=O)CCC(=O)c4ccc(NNCC=O)cc4)CC3)c(F)c2)C(=O)O1. The van der Waals surface area contributed by atoms with Gasteiger partial charge in [0.1, 0.15) is 36.7 Å². The summed E-state index contributed by atoms with van der Waals surface area (Å²) in [5, 5.41) is 6.13. The van der Waals surface area contributed by atoms with Crippen molar-refractivity contribution in [3.63, 3.8) is 0 Å². The first-order valence-corrected chi connectivity index (χ1v) is 36.5. The second kappa shape index (κ2) is 39.9. The number of thiocarbonyl (C=S) groups is 2. The van der Waals surface area contributed by atoms with E-state index in [0.717, 1.165) is 41.8 Å². The van der Waals surface area contributed by atoms with E-state index in [1.165, 1.54) is 34.8 Å². The molecule has 0 saturated carbocycles. The number of ether oxygens (including phenoxy) is 4. The zero-order chi connectivity index (χ0) is 75.1. The van der Waals surface area contributed by atoms with Crippen molar-refractivity contribution in [1.82, 2.24) is 31.3 Å². The number of esters is 1. The second-order valence-corrected chi connectivity index (χ2v) is 26.8. The van der Waals surface area contributed by atoms with Crippen LogP contribution in [0.15, 0.2) is 133 Å². The smallest absolute Gasteiger partial charge is 0.414 e. The lowest BCUT2D eigenvalue weighted by Gasteiger charge is -2.36. The van der Waals surface area contributed by atoms with Crippen LogP contribution in [0, 0.1) is 11.6 Å². The lowest BCUT2D eigenvalue weighted by Crippen LogP contribution is -2.49. The molecule has 568 valence electrons. The Balaban J connectivity index is 0.000000241. The fourth-order valence-electron chi connectivity index (χ4n) is 12.8. The van der Waals surface area contributed by atoms with E-state index < -0.39 is 41.7 Å². The summed E-state index contributed by atoms with van der Waals surface area (Å²) in [6, 6.07) is 38.5. The number of ketones is 3. The minimum atomic E-state index is -0.928. The second-order valence-electron chi connectivity index (χ2n) is 25.8. The first-order chi connectivity index (χ1) is 51.4. The van der Waals surface area contributed by atoms with Crippen molar-refractivity contribution in [3.8, 4) is 11.1 Å². The number of halogens is 2. The number of carbonyl (C=O) groups excluding carboxylic acids is 9. The summed E-state index contributed by atoms with van der Waals surface area (Å²) in [5.74, 6) is -3.36. The van der Waals surface area contributed by atoms with Gasteiger partial charge in [-0.05, 0) is 133 Å². The number of nitrogens with one attached hydrogen (secondary N) is 6. The molecular weight excluding hydrogens is 1420 g/mol. The number of piperazine rings is 2. The number of carbonyl (C=O) groups is 9. The van der Waals surface area contributed by atoms with E-state index in [1.54, 1.807) is 82.6 Å². The number of hydrazine groups is 2. The van der Waals surface area contributed by atoms with Gasteiger partial charge in [-0.15, -0.1) is 0 Å². The first-order valence-electron chi connectivity index (χ1n) is 35.7. The standard InChI is InChI=1S/C44H45FN6O7S.C29H35FN6O5S.C4H8O.CH4/c1-2-41(59)46-24-31-26-51(44(56)58-31)30-15-16-38(37(45)23-30)49-19-21-50(22-20-49)42(54)18-17-39(52)28-11-13-29(14-12-28)48-47-25-40(53)43(55)57-27-36-34-9-5-3-7-32(34)33-8-4-6-10-35(33)36;1-2-27(42)31-18-23-19-36(29(40)41-23)22-7-8-25(24(30)17-22)34-12-14-35(15-13-34)28(39)10-9-26(38)20-3-5-21(6-4-20)33-32-11-16-37;1-2-4-5-3-1;/h3-16,23,31,36,47-48H,2,17-22,24-27H2,1H3,(H,46,59);3-8,16-17,23,32-33H,2,9-15,18-19H2,1H3,(H,31,42);1-4H2;1H4/t31-;23-;;/m00../s1. The van der Waals surface area contributed by atoms with Crippen molar-refractivity contribution in [3.05, 3.63) is 167 Å². The van der Waals surface area contributed by atoms with Gasteiger partial charge in [0.2, 0.25) is 11.8 Å². The average Bonchev–Trinajstić information content (AvgIpc) is 1.62. The Bertz CT molecular complexity index is 4090. The summed E-state index contributed by atoms with van der Waals surface area (Å²) < 4.78 is 51.6. The third-order valence-corrected chi connectivity index (χ3v) is 19.6. The molecule has 6 aliphatic rings. The Hall–Kier alpha value is -10.3. The third-order valence-electron chi connectivity index (χ3n) is 18.7. The van der Waals surface area contributed by atoms with Gasteiger partial charge in [0.05, 0.1) is 72.0 Å². The van der Waals surface area contributed by atoms with E-state index >= 15 is 8.78 Å². The minimum Gasteiger partial charge on any atom is -0.459 e. The van der Waals surface area contributed by atoms with Crippen LogP contribution in [0.4, 0.5) is 52.5 Å². The van der Waals surface area contributed by atoms with Gasteiger partial charge < -0.3 is 64.8 Å². The summed E-state index contributed by atoms with van der Waals surface area (Å²) >= 11 is 10.3. The predicted molar refractivity (Wildman–Crippen MR) is 413 cm³/mol. The normalized spacial score (nSPS) is 16.4. The molecule has 0 radical (unpaired) electrons. The van der Waals surface area contributed by atoms with Gasteiger partial charge in [-0.3, -0.25) is 33.8 Å². The number of anilines is 6. The fraction of sp³-hybridized carbons (Fsp3) is 0.397. The highest BCUT2D eigenvalue weighted by molar-refractivity contribution is 7.80. The predicted octanol–water partition coefficient (Wildman–Crippen LogP) is 9.97. The molecule has 25 nitrogen and oxygen atoms in total. The Morgan fingerprint density at radius 2 is 0.991 bits per heavy atom. The molecule has 5 fully saturated rings. The number of Topliss-reactive ketones (excluding diaryl/α,β-unsaturated/α-hetero) is 3. The number of hydrogen-bond donors (Lipinski definition) is 6. The summed E-state index contributed by atoms with van der Waals surface area (Å²) in [6.07, 6.45) is 3.06. The highest BCUT2D eigenvalue weighted by Crippen LogP contribution is 2.44. The molecule has 0 aromatic heterocycles. The van der Waals surface area contributed by atoms with Crippen LogP contribution < -0.4 is 51.9 Å². The van der Waals surface area contributed by atoms with E-state index in [4.69, 9.17) is 43.4 Å². The maximum Gasteiger partial charge on any atom is 0.414 e. The van der Waals surface area contributed by atoms with Gasteiger partial charge >= 0.3 is 18.2 Å². The zero-order valence-electron chi connectivity index (χ0n) is 59.3. The van der Waals surface area contributed by atoms with E-state index in [0.29, 0.717) is 140 Å². The lowest BCUT2D eigenvalue weighted by atomic mass is 9.98. The van der Waals surface area contributed by atoms with Crippen molar-refractivity contribution < 1.29 is 70.9 Å². The molecule has 2 atom stereocenters. The van der Waals surface area contributed by atoms with E-state index in [1.807, 2.05) is 72.2 Å². The number of nitrogens with zero attached hydrogens (tertiary/aromatic N) is 6. The van der Waals surface area contributed by atoms with Crippen LogP contribution in [-0.4, -0.2) is 197 Å². The van der Waals surface area contributed by atoms with Crippen LogP contribution in [0.25, 0.3) is 11.1 Å². The van der Waals surface area contributed by atoms with Crippen molar-refractivity contribution >= 4 is 122 Å². The van der Waals surface area contributed by atoms with Crippen LogP contribution in [0.5, 0.6) is 0 Å². The summed E-state index contributed by atoms with van der Waals surface area (Å²) in [4.78, 5) is 123. The van der Waals surface area contributed by atoms with Gasteiger partial charge in [-0.25, -0.2) is 34.0 Å². The van der Waals surface area contributed by atoms with Crippen LogP contribution in [0.1, 0.15) is 110 Å². The average molecular weight is 1510 g/mol. The molecule has 5 saturated heterocycles. The topological polar surface area (TPSA) is 282 Å². The Labute approximate surface area is 632 Å². The maximum atomic E-state index is 15.3. The third kappa shape index (κ3) is 22.2. The van der Waals surface area contributed by atoms with Gasteiger partial charge in [-0.1, -0.05) is 94.2 Å². The number of benzene rings is 6. The minimum absolute atomic E-state index is 0. The molecule has 6 aromatic rings. The molecule has 5 aliphatic heterocycles. The number of aldehydes is 1. The van der Waals surface area contributed by atoms with Crippen LogP contribution >= 0.6 is 24.4 Å². The summed E-state index contributed by atoms with van der Waals surface area (Å²) in [5.41, 5.74) is 19.3. The quantitative estimate of drug-likeness (QED) is 0.00372. The molecule has 107 heavy (non-hydrogen) atoms. The molecule has 6 N–H and O–H groups in total. The largest absolute Gasteiger partial charge is 0.459 e. The molecule has 1 aliphatic carbocycles. The van der Waals surface area contributed by atoms with E-state index in [2.05, 4.69) is 32.3 Å². The molecule has 6 aromatic carbocycles. The zero-order valence-corrected chi connectivity index (χ0v) is 60.9. The van der Waals surface area contributed by atoms with Crippen molar-refractivity contribution in [2.45, 2.75) is 90.8 Å². The van der Waals surface area contributed by atoms with Crippen LogP contribution in [-0.2, 0) is 42.9 Å². The number of amides is 4. The van der Waals surface area contributed by atoms with Gasteiger partial charge in [0.15, 0.2) is 11.6 Å². The molecule has 5 heterocycles. The summed E-state index contributed by atoms with van der Waals surface area (Å²) in [6.45, 7) is 10.4. The maximum absolute atomic E-state index is 15.3. The molecule has 29 heteroatoms. The Morgan fingerprint density at radius 3 is 1.39 bits per heavy atom. The van der Waals surface area contributed by atoms with Crippen molar-refractivity contribution in [2.75, 3.05) is 142 Å². The first kappa shape index (κ1) is 80.8. The number of rotatable bonds is 29. The van der Waals surface area contributed by atoms with E-state index in [9.17, 15) is 43.2 Å². The van der Waals surface area contributed by atoms with Crippen LogP contribution in [0.2, 0.25) is 0 Å². The molecule has 0 spiro atoms. The lowest BCUT2D eigenvalue weighted by molar-refractivity contribution is -0.153. The Morgan fingerprint density at radius 1 is 0.561 bits per heavy atom.